The third-order valence-corrected chi connectivity index (χ3v) is 3.34. The van der Waals surface area contributed by atoms with Crippen molar-refractivity contribution in [2.45, 2.75) is 6.18 Å². The number of nitrogens with zero attached hydrogens (tertiary/aromatic N) is 2. The summed E-state index contributed by atoms with van der Waals surface area (Å²) in [6, 6.07) is 10.8. The van der Waals surface area contributed by atoms with Gasteiger partial charge in [0.25, 0.3) is 5.69 Å². The smallest absolute Gasteiger partial charge is 0.317 e. The molecule has 0 saturated heterocycles. The number of nitro benzene ring substituents is 1. The van der Waals surface area contributed by atoms with Crippen molar-refractivity contribution in [1.29, 1.82) is 0 Å². The molecule has 0 radical (unpaired) electrons. The van der Waals surface area contributed by atoms with Crippen molar-refractivity contribution in [1.82, 2.24) is 4.57 Å². The van der Waals surface area contributed by atoms with Crippen LogP contribution in [0.25, 0.3) is 16.6 Å². The number of non-ortho nitro benzene ring substituents is 1. The Morgan fingerprint density at radius 3 is 2.50 bits per heavy atom. The van der Waals surface area contributed by atoms with Gasteiger partial charge in [-0.2, -0.15) is 13.2 Å². The number of rotatable bonds is 2. The molecule has 3 rings (SSSR count). The van der Waals surface area contributed by atoms with Crippen LogP contribution >= 0.6 is 0 Å². The maximum absolute atomic E-state index is 12.8. The summed E-state index contributed by atoms with van der Waals surface area (Å²) >= 11 is 0. The first kappa shape index (κ1) is 14.1. The summed E-state index contributed by atoms with van der Waals surface area (Å²) in [7, 11) is 0. The zero-order valence-corrected chi connectivity index (χ0v) is 11.0. The van der Waals surface area contributed by atoms with Gasteiger partial charge in [0.05, 0.1) is 16.0 Å². The van der Waals surface area contributed by atoms with Crippen LogP contribution in [0.4, 0.5) is 18.9 Å². The molecule has 3 aromatic rings. The second-order valence-corrected chi connectivity index (χ2v) is 4.73. The van der Waals surface area contributed by atoms with E-state index in [1.807, 2.05) is 0 Å². The van der Waals surface area contributed by atoms with Gasteiger partial charge in [0, 0.05) is 29.4 Å². The van der Waals surface area contributed by atoms with Gasteiger partial charge < -0.3 is 4.57 Å². The topological polar surface area (TPSA) is 48.1 Å². The largest absolute Gasteiger partial charge is 0.416 e. The van der Waals surface area contributed by atoms with E-state index >= 15 is 0 Å². The van der Waals surface area contributed by atoms with Crippen LogP contribution in [0, 0.1) is 10.1 Å². The van der Waals surface area contributed by atoms with Gasteiger partial charge >= 0.3 is 6.18 Å². The fourth-order valence-corrected chi connectivity index (χ4v) is 2.30. The summed E-state index contributed by atoms with van der Waals surface area (Å²) in [5.41, 5.74) is 0.145. The average molecular weight is 306 g/mol. The summed E-state index contributed by atoms with van der Waals surface area (Å²) in [5, 5.41) is 11.3. The Hall–Kier alpha value is -2.83. The second-order valence-electron chi connectivity index (χ2n) is 4.73. The monoisotopic (exact) mass is 306 g/mol. The Balaban J connectivity index is 2.13. The lowest BCUT2D eigenvalue weighted by molar-refractivity contribution is -0.384. The fourth-order valence-electron chi connectivity index (χ4n) is 2.30. The molecule has 1 heterocycles. The van der Waals surface area contributed by atoms with Crippen LogP contribution in [-0.4, -0.2) is 9.49 Å². The molecule has 0 saturated carbocycles. The summed E-state index contributed by atoms with van der Waals surface area (Å²) in [6.07, 6.45) is -2.83. The molecule has 0 spiro atoms. The van der Waals surface area contributed by atoms with Crippen LogP contribution < -0.4 is 0 Å². The summed E-state index contributed by atoms with van der Waals surface area (Å²) in [6.45, 7) is 0. The Kier molecular flexibility index (Phi) is 3.13. The molecule has 0 atom stereocenters. The van der Waals surface area contributed by atoms with Crippen molar-refractivity contribution in [2.24, 2.45) is 0 Å². The van der Waals surface area contributed by atoms with E-state index in [4.69, 9.17) is 0 Å². The standard InChI is InChI=1S/C15H9F3N2O2/c16-15(17,18)11-2-1-3-12(9-11)19-7-6-10-8-13(20(21)22)4-5-14(10)19/h1-9H. The predicted molar refractivity (Wildman–Crippen MR) is 74.9 cm³/mol. The van der Waals surface area contributed by atoms with Gasteiger partial charge in [-0.3, -0.25) is 10.1 Å². The number of halogens is 3. The van der Waals surface area contributed by atoms with E-state index in [0.717, 1.165) is 12.1 Å². The predicted octanol–water partition coefficient (Wildman–Crippen LogP) is 4.56. The number of hydrogen-bond donors (Lipinski definition) is 0. The van der Waals surface area contributed by atoms with E-state index in [9.17, 15) is 23.3 Å². The van der Waals surface area contributed by atoms with E-state index in [0.29, 0.717) is 16.6 Å². The van der Waals surface area contributed by atoms with Crippen LogP contribution in [0.15, 0.2) is 54.7 Å². The van der Waals surface area contributed by atoms with Crippen LogP contribution in [-0.2, 0) is 6.18 Å². The number of fused-ring (bicyclic) bond motifs is 1. The van der Waals surface area contributed by atoms with Gasteiger partial charge in [0.2, 0.25) is 0 Å². The number of alkyl halides is 3. The number of aromatic nitrogens is 1. The normalized spacial score (nSPS) is 11.8. The highest BCUT2D eigenvalue weighted by molar-refractivity contribution is 5.84. The van der Waals surface area contributed by atoms with Crippen LogP contribution in [0.3, 0.4) is 0 Å². The molecule has 0 bridgehead atoms. The number of hydrogen-bond acceptors (Lipinski definition) is 2. The highest BCUT2D eigenvalue weighted by Crippen LogP contribution is 2.31. The lowest BCUT2D eigenvalue weighted by atomic mass is 10.2. The first-order valence-electron chi connectivity index (χ1n) is 6.29. The van der Waals surface area contributed by atoms with E-state index < -0.39 is 16.7 Å². The minimum atomic E-state index is -4.42. The van der Waals surface area contributed by atoms with Crippen molar-refractivity contribution < 1.29 is 18.1 Å². The summed E-state index contributed by atoms with van der Waals surface area (Å²) < 4.78 is 39.9. The molecule has 4 nitrogen and oxygen atoms in total. The van der Waals surface area contributed by atoms with E-state index in [2.05, 4.69) is 0 Å². The van der Waals surface area contributed by atoms with Gasteiger partial charge in [-0.25, -0.2) is 0 Å². The van der Waals surface area contributed by atoms with Crippen LogP contribution in [0.1, 0.15) is 5.56 Å². The Bertz CT molecular complexity index is 869. The molecular formula is C15H9F3N2O2. The van der Waals surface area contributed by atoms with E-state index in [1.165, 1.54) is 24.3 Å². The molecule has 0 fully saturated rings. The third kappa shape index (κ3) is 2.41. The molecule has 112 valence electrons. The lowest BCUT2D eigenvalue weighted by Crippen LogP contribution is -2.05. The van der Waals surface area contributed by atoms with Gasteiger partial charge in [-0.05, 0) is 30.3 Å². The highest BCUT2D eigenvalue weighted by atomic mass is 19.4. The van der Waals surface area contributed by atoms with Gasteiger partial charge in [-0.1, -0.05) is 6.07 Å². The number of nitro groups is 1. The Morgan fingerprint density at radius 2 is 1.82 bits per heavy atom. The second kappa shape index (κ2) is 4.87. The zero-order valence-electron chi connectivity index (χ0n) is 11.0. The maximum Gasteiger partial charge on any atom is 0.416 e. The zero-order chi connectivity index (χ0) is 15.9. The molecule has 0 aliphatic heterocycles. The molecule has 0 unspecified atom stereocenters. The molecule has 0 amide bonds. The third-order valence-electron chi connectivity index (χ3n) is 3.34. The highest BCUT2D eigenvalue weighted by Gasteiger charge is 2.30. The quantitative estimate of drug-likeness (QED) is 0.515. The van der Waals surface area contributed by atoms with Gasteiger partial charge in [0.15, 0.2) is 0 Å². The molecule has 1 aromatic heterocycles. The van der Waals surface area contributed by atoms with Crippen molar-refractivity contribution in [2.75, 3.05) is 0 Å². The van der Waals surface area contributed by atoms with Crippen molar-refractivity contribution >= 4 is 16.6 Å². The van der Waals surface area contributed by atoms with Crippen molar-refractivity contribution in [3.63, 3.8) is 0 Å². The van der Waals surface area contributed by atoms with Gasteiger partial charge in [0.1, 0.15) is 0 Å². The first-order chi connectivity index (χ1) is 10.4. The van der Waals surface area contributed by atoms with Crippen molar-refractivity contribution in [3.8, 4) is 5.69 Å². The van der Waals surface area contributed by atoms with E-state index in [-0.39, 0.29) is 5.69 Å². The molecule has 0 N–H and O–H groups in total. The molecule has 22 heavy (non-hydrogen) atoms. The molecule has 2 aromatic carbocycles. The first-order valence-corrected chi connectivity index (χ1v) is 6.29. The van der Waals surface area contributed by atoms with Crippen LogP contribution in [0.2, 0.25) is 0 Å². The fraction of sp³-hybridized carbons (Fsp3) is 0.0667. The van der Waals surface area contributed by atoms with Crippen molar-refractivity contribution in [3.05, 3.63) is 70.4 Å². The Labute approximate surface area is 122 Å². The summed E-state index contributed by atoms with van der Waals surface area (Å²) in [5.74, 6) is 0. The molecular weight excluding hydrogens is 297 g/mol. The number of benzene rings is 2. The maximum atomic E-state index is 12.8. The van der Waals surface area contributed by atoms with Crippen LogP contribution in [0.5, 0.6) is 0 Å². The molecule has 7 heteroatoms. The van der Waals surface area contributed by atoms with Gasteiger partial charge in [-0.15, -0.1) is 0 Å². The molecule has 0 aliphatic rings. The van der Waals surface area contributed by atoms with E-state index in [1.54, 1.807) is 22.9 Å². The SMILES string of the molecule is O=[N+]([O-])c1ccc2c(ccn2-c2cccc(C(F)(F)F)c2)c1. The average Bonchev–Trinajstić information content (AvgIpc) is 2.89. The minimum Gasteiger partial charge on any atom is -0.317 e. The molecule has 0 aliphatic carbocycles. The lowest BCUT2D eigenvalue weighted by Gasteiger charge is -2.10. The minimum absolute atomic E-state index is 0.0608. The Morgan fingerprint density at radius 1 is 1.05 bits per heavy atom. The summed E-state index contributed by atoms with van der Waals surface area (Å²) in [4.78, 5) is 10.2.